The van der Waals surface area contributed by atoms with Gasteiger partial charge in [-0.15, -0.1) is 0 Å². The smallest absolute Gasteiger partial charge is 0.306 e. The summed E-state index contributed by atoms with van der Waals surface area (Å²) in [5, 5.41) is 21.8. The van der Waals surface area contributed by atoms with Crippen LogP contribution in [-0.2, 0) is 19.1 Å². The Labute approximate surface area is 253 Å². The number of carbonyl (C=O) groups is 2. The average molecular weight is 605 g/mol. The van der Waals surface area contributed by atoms with Crippen LogP contribution in [0.25, 0.3) is 6.08 Å². The molecule has 2 N–H and O–H groups in total. The molecular weight excluding hydrogens is 560 g/mol. The fraction of sp³-hybridized carbons (Fsp3) is 0.500. The number of hydrogen-bond donors (Lipinski definition) is 2. The maximum Gasteiger partial charge on any atom is 0.306 e. The number of aliphatic hydroxyl groups excluding tert-OH is 1. The molecule has 43 heavy (non-hydrogen) atoms. The summed E-state index contributed by atoms with van der Waals surface area (Å²) in [5.74, 6) is 0.181. The molecule has 0 bridgehead atoms. The van der Waals surface area contributed by atoms with E-state index < -0.39 is 18.2 Å². The molecule has 238 valence electrons. The Morgan fingerprint density at radius 3 is 1.72 bits per heavy atom. The fourth-order valence-corrected chi connectivity index (χ4v) is 4.04. The third-order valence-corrected chi connectivity index (χ3v) is 6.16. The molecule has 0 unspecified atom stereocenters. The zero-order chi connectivity index (χ0) is 32.1. The van der Waals surface area contributed by atoms with Crippen molar-refractivity contribution in [2.24, 2.45) is 11.8 Å². The highest BCUT2D eigenvalue weighted by Crippen LogP contribution is 2.43. The van der Waals surface area contributed by atoms with Crippen molar-refractivity contribution in [3.8, 4) is 34.5 Å². The Bertz CT molecular complexity index is 1190. The summed E-state index contributed by atoms with van der Waals surface area (Å²) in [6.07, 6.45) is 1.45. The first-order valence-electron chi connectivity index (χ1n) is 14.0. The van der Waals surface area contributed by atoms with Gasteiger partial charge >= 0.3 is 11.9 Å². The van der Waals surface area contributed by atoms with E-state index in [-0.39, 0.29) is 77.5 Å². The highest BCUT2D eigenvalue weighted by molar-refractivity contribution is 5.70. The first kappa shape index (κ1) is 35.1. The van der Waals surface area contributed by atoms with Crippen molar-refractivity contribution < 1.29 is 53.0 Å². The molecule has 0 aliphatic rings. The van der Waals surface area contributed by atoms with Crippen molar-refractivity contribution in [2.75, 3.05) is 41.7 Å². The third-order valence-electron chi connectivity index (χ3n) is 6.16. The zero-order valence-electron chi connectivity index (χ0n) is 26.2. The number of hydrogen-bond acceptors (Lipinski definition) is 11. The molecule has 0 saturated carbocycles. The van der Waals surface area contributed by atoms with Crippen molar-refractivity contribution >= 4 is 18.0 Å². The van der Waals surface area contributed by atoms with Crippen molar-refractivity contribution in [1.82, 2.24) is 0 Å². The minimum atomic E-state index is -1.37. The summed E-state index contributed by atoms with van der Waals surface area (Å²) >= 11 is 0. The van der Waals surface area contributed by atoms with E-state index in [1.54, 1.807) is 24.3 Å². The van der Waals surface area contributed by atoms with E-state index in [1.807, 2.05) is 27.7 Å². The van der Waals surface area contributed by atoms with E-state index in [2.05, 4.69) is 0 Å². The number of aliphatic hydroxyl groups is 1. The number of rotatable bonds is 17. The molecule has 11 heteroatoms. The van der Waals surface area contributed by atoms with Gasteiger partial charge in [0.2, 0.25) is 11.5 Å². The van der Waals surface area contributed by atoms with Crippen LogP contribution in [0.2, 0.25) is 0 Å². The zero-order valence-corrected chi connectivity index (χ0v) is 26.2. The highest BCUT2D eigenvalue weighted by atomic mass is 16.6. The Kier molecular flexibility index (Phi) is 14.0. The van der Waals surface area contributed by atoms with Gasteiger partial charge < -0.3 is 43.4 Å². The number of phenolic OH excluding ortho intramolecular Hbond substituents is 1. The molecule has 0 saturated heterocycles. The maximum atomic E-state index is 12.4. The van der Waals surface area contributed by atoms with E-state index >= 15 is 0 Å². The Morgan fingerprint density at radius 2 is 1.26 bits per heavy atom. The quantitative estimate of drug-likeness (QED) is 0.233. The average Bonchev–Trinajstić information content (AvgIpc) is 2.96. The molecule has 2 aromatic rings. The molecule has 0 amide bonds. The lowest BCUT2D eigenvalue weighted by atomic mass is 10.0. The number of phenols is 1. The second-order valence-corrected chi connectivity index (χ2v) is 10.6. The van der Waals surface area contributed by atoms with Crippen LogP contribution in [0, 0.1) is 11.8 Å². The molecule has 11 nitrogen and oxygen atoms in total. The van der Waals surface area contributed by atoms with Gasteiger partial charge in [0.25, 0.3) is 0 Å². The molecular formula is C32H44O11. The van der Waals surface area contributed by atoms with Gasteiger partial charge in [-0.05, 0) is 53.3 Å². The van der Waals surface area contributed by atoms with Crippen molar-refractivity contribution in [3.63, 3.8) is 0 Å². The normalized spacial score (nSPS) is 12.6. The topological polar surface area (TPSA) is 139 Å². The lowest BCUT2D eigenvalue weighted by molar-refractivity contribution is -0.149. The number of esters is 2. The molecule has 2 aromatic carbocycles. The predicted molar refractivity (Wildman–Crippen MR) is 160 cm³/mol. The summed E-state index contributed by atoms with van der Waals surface area (Å²) in [4.78, 5) is 24.2. The minimum Gasteiger partial charge on any atom is -0.502 e. The Balaban J connectivity index is 2.42. The largest absolute Gasteiger partial charge is 0.502 e. The second kappa shape index (κ2) is 17.1. The fourth-order valence-electron chi connectivity index (χ4n) is 4.04. The number of ether oxygens (including phenoxy) is 7. The molecule has 0 heterocycles. The molecule has 0 aliphatic carbocycles. The summed E-state index contributed by atoms with van der Waals surface area (Å²) in [6.45, 7) is 7.45. The van der Waals surface area contributed by atoms with Gasteiger partial charge in [0.15, 0.2) is 29.1 Å². The molecule has 2 rings (SSSR count). The van der Waals surface area contributed by atoms with E-state index in [0.29, 0.717) is 12.0 Å². The molecule has 2 atom stereocenters. The van der Waals surface area contributed by atoms with Crippen LogP contribution in [0.1, 0.15) is 57.8 Å². The van der Waals surface area contributed by atoms with Gasteiger partial charge in [-0.25, -0.2) is 0 Å². The van der Waals surface area contributed by atoms with Gasteiger partial charge in [-0.1, -0.05) is 33.8 Å². The van der Waals surface area contributed by atoms with Crippen LogP contribution in [0.5, 0.6) is 34.5 Å². The standard InChI is InChI=1S/C32H44O11/c1-19(2)12-28(33)41-11-9-10-21-14-25(39-7)32(26(15-21)40-8)43-27(18-42-29(34)13-20(3)4)30(35)22-16-23(37-5)31(36)24(17-22)38-6/h9-10,14-17,19-20,27,30,35-36H,11-13,18H2,1-8H3/b10-9+/t27-,30-/m1/s1. The van der Waals surface area contributed by atoms with Crippen LogP contribution in [0.4, 0.5) is 0 Å². The van der Waals surface area contributed by atoms with Crippen LogP contribution < -0.4 is 23.7 Å². The second-order valence-electron chi connectivity index (χ2n) is 10.6. The lowest BCUT2D eigenvalue weighted by Gasteiger charge is -2.27. The van der Waals surface area contributed by atoms with Gasteiger partial charge in [0.1, 0.15) is 19.3 Å². The van der Waals surface area contributed by atoms with Gasteiger partial charge in [-0.3, -0.25) is 9.59 Å². The first-order chi connectivity index (χ1) is 20.4. The number of benzene rings is 2. The Hall–Kier alpha value is -4.12. The van der Waals surface area contributed by atoms with E-state index in [1.165, 1.54) is 40.6 Å². The highest BCUT2D eigenvalue weighted by Gasteiger charge is 2.30. The van der Waals surface area contributed by atoms with Gasteiger partial charge in [0, 0.05) is 12.8 Å². The lowest BCUT2D eigenvalue weighted by Crippen LogP contribution is -2.32. The van der Waals surface area contributed by atoms with Gasteiger partial charge in [0.05, 0.1) is 28.4 Å². The summed E-state index contributed by atoms with van der Waals surface area (Å²) in [6, 6.07) is 6.24. The molecule has 0 aliphatic heterocycles. The van der Waals surface area contributed by atoms with Crippen LogP contribution in [-0.4, -0.2) is 69.9 Å². The molecule has 0 fully saturated rings. The van der Waals surface area contributed by atoms with Crippen LogP contribution in [0.15, 0.2) is 30.3 Å². The van der Waals surface area contributed by atoms with Crippen LogP contribution >= 0.6 is 0 Å². The summed E-state index contributed by atoms with van der Waals surface area (Å²) in [5.41, 5.74) is 0.954. The molecule has 0 radical (unpaired) electrons. The SMILES string of the molecule is COc1cc([C@@H](O)[C@@H](COC(=O)CC(C)C)Oc2c(OC)cc(/C=C/COC(=O)CC(C)C)cc2OC)cc(OC)c1O. The monoisotopic (exact) mass is 604 g/mol. The third kappa shape index (κ3) is 10.6. The van der Waals surface area contributed by atoms with Crippen LogP contribution in [0.3, 0.4) is 0 Å². The summed E-state index contributed by atoms with van der Waals surface area (Å²) < 4.78 is 38.6. The maximum absolute atomic E-state index is 12.4. The molecule has 0 aromatic heterocycles. The number of aromatic hydroxyl groups is 1. The van der Waals surface area contributed by atoms with E-state index in [0.717, 1.165) is 0 Å². The van der Waals surface area contributed by atoms with Crippen molar-refractivity contribution in [1.29, 1.82) is 0 Å². The predicted octanol–water partition coefficient (Wildman–Crippen LogP) is 5.10. The van der Waals surface area contributed by atoms with E-state index in [9.17, 15) is 19.8 Å². The van der Waals surface area contributed by atoms with E-state index in [4.69, 9.17) is 33.2 Å². The Morgan fingerprint density at radius 1 is 0.767 bits per heavy atom. The van der Waals surface area contributed by atoms with Gasteiger partial charge in [-0.2, -0.15) is 0 Å². The number of carbonyl (C=O) groups excluding carboxylic acids is 2. The first-order valence-corrected chi connectivity index (χ1v) is 14.0. The summed E-state index contributed by atoms with van der Waals surface area (Å²) in [7, 11) is 5.64. The number of methoxy groups -OCH3 is 4. The van der Waals surface area contributed by atoms with Crippen molar-refractivity contribution in [2.45, 2.75) is 52.7 Å². The molecule has 0 spiro atoms. The minimum absolute atomic E-state index is 0.0712. The van der Waals surface area contributed by atoms with Crippen molar-refractivity contribution in [3.05, 3.63) is 41.5 Å².